The minimum Gasteiger partial charge on any atom is -0.309 e. The van der Waals surface area contributed by atoms with E-state index in [9.17, 15) is 18.0 Å². The summed E-state index contributed by atoms with van der Waals surface area (Å²) >= 11 is 0. The van der Waals surface area contributed by atoms with Gasteiger partial charge >= 0.3 is 6.18 Å². The van der Waals surface area contributed by atoms with Crippen LogP contribution in [0.15, 0.2) is 18.2 Å². The lowest BCUT2D eigenvalue weighted by molar-refractivity contribution is -0.136. The Labute approximate surface area is 114 Å². The second kappa shape index (κ2) is 5.16. The van der Waals surface area contributed by atoms with E-state index in [1.54, 1.807) is 0 Å². The minimum atomic E-state index is -4.60. The van der Waals surface area contributed by atoms with Gasteiger partial charge in [-0.2, -0.15) is 13.2 Å². The Bertz CT molecular complexity index is 575. The standard InChI is InChI=1S/C14H13F3N2O/c1-3-9-5-7-13(20)19(9)10-4-6-12(18-2)11(8-10)14(15,16)17/h4,6,8-9H,3,5,7H2,1H3/t9-/m0/s1. The molecule has 1 aromatic rings. The number of nitrogens with zero attached hydrogens (tertiary/aromatic N) is 2. The maximum atomic E-state index is 12.9. The monoisotopic (exact) mass is 282 g/mol. The molecule has 0 aromatic heterocycles. The molecule has 0 N–H and O–H groups in total. The molecule has 1 aromatic carbocycles. The van der Waals surface area contributed by atoms with Crippen molar-refractivity contribution in [3.05, 3.63) is 35.2 Å². The summed E-state index contributed by atoms with van der Waals surface area (Å²) in [6.45, 7) is 8.70. The lowest BCUT2D eigenvalue weighted by atomic mass is 10.1. The molecule has 0 bridgehead atoms. The van der Waals surface area contributed by atoms with Crippen molar-refractivity contribution in [1.29, 1.82) is 0 Å². The number of benzene rings is 1. The Morgan fingerprint density at radius 2 is 2.15 bits per heavy atom. The zero-order valence-corrected chi connectivity index (χ0v) is 10.9. The van der Waals surface area contributed by atoms with E-state index in [0.29, 0.717) is 19.3 Å². The molecule has 1 fully saturated rings. The first-order valence-corrected chi connectivity index (χ1v) is 6.29. The van der Waals surface area contributed by atoms with Gasteiger partial charge in [-0.05, 0) is 25.0 Å². The Balaban J connectivity index is 2.49. The predicted octanol–water partition coefficient (Wildman–Crippen LogP) is 4.16. The first-order valence-electron chi connectivity index (χ1n) is 6.29. The maximum Gasteiger partial charge on any atom is 0.407 e. The van der Waals surface area contributed by atoms with Gasteiger partial charge in [-0.25, -0.2) is 4.85 Å². The minimum absolute atomic E-state index is 0.0672. The van der Waals surface area contributed by atoms with Crippen molar-refractivity contribution in [3.8, 4) is 0 Å². The van der Waals surface area contributed by atoms with Gasteiger partial charge in [0.05, 0.1) is 12.1 Å². The normalized spacial score (nSPS) is 19.2. The molecule has 0 radical (unpaired) electrons. The number of halogens is 3. The van der Waals surface area contributed by atoms with E-state index in [-0.39, 0.29) is 17.6 Å². The molecular weight excluding hydrogens is 269 g/mol. The molecule has 1 atom stereocenters. The van der Waals surface area contributed by atoms with Crippen LogP contribution in [0, 0.1) is 6.57 Å². The van der Waals surface area contributed by atoms with Crippen LogP contribution in [0.5, 0.6) is 0 Å². The second-order valence-electron chi connectivity index (χ2n) is 4.68. The first-order chi connectivity index (χ1) is 9.38. The van der Waals surface area contributed by atoms with Crippen molar-refractivity contribution in [3.63, 3.8) is 0 Å². The highest BCUT2D eigenvalue weighted by Crippen LogP contribution is 2.40. The summed E-state index contributed by atoms with van der Waals surface area (Å²) in [5.74, 6) is -0.166. The molecule has 2 rings (SSSR count). The molecule has 0 spiro atoms. The van der Waals surface area contributed by atoms with Gasteiger partial charge in [0.2, 0.25) is 5.91 Å². The van der Waals surface area contributed by atoms with Crippen LogP contribution in [-0.4, -0.2) is 11.9 Å². The van der Waals surface area contributed by atoms with Gasteiger partial charge in [-0.3, -0.25) is 4.79 Å². The fourth-order valence-corrected chi connectivity index (χ4v) is 2.48. The molecule has 106 valence electrons. The van der Waals surface area contributed by atoms with Crippen molar-refractivity contribution < 1.29 is 18.0 Å². The van der Waals surface area contributed by atoms with E-state index in [4.69, 9.17) is 6.57 Å². The number of hydrogen-bond donors (Lipinski definition) is 0. The zero-order chi connectivity index (χ0) is 14.9. The molecule has 20 heavy (non-hydrogen) atoms. The van der Waals surface area contributed by atoms with Gasteiger partial charge in [0, 0.05) is 18.2 Å². The van der Waals surface area contributed by atoms with E-state index in [1.165, 1.54) is 11.0 Å². The van der Waals surface area contributed by atoms with Crippen LogP contribution < -0.4 is 4.90 Å². The van der Waals surface area contributed by atoms with Crippen molar-refractivity contribution in [2.75, 3.05) is 4.90 Å². The number of carbonyl (C=O) groups excluding carboxylic acids is 1. The molecular formula is C14H13F3N2O. The highest BCUT2D eigenvalue weighted by Gasteiger charge is 2.36. The average molecular weight is 282 g/mol. The third-order valence-electron chi connectivity index (χ3n) is 3.48. The zero-order valence-electron chi connectivity index (χ0n) is 10.9. The van der Waals surface area contributed by atoms with Crippen LogP contribution in [0.4, 0.5) is 24.5 Å². The van der Waals surface area contributed by atoms with Crippen LogP contribution in [0.3, 0.4) is 0 Å². The van der Waals surface area contributed by atoms with E-state index in [0.717, 1.165) is 12.1 Å². The summed E-state index contributed by atoms with van der Waals surface area (Å²) in [6, 6.07) is 3.37. The van der Waals surface area contributed by atoms with Crippen molar-refractivity contribution >= 4 is 17.3 Å². The van der Waals surface area contributed by atoms with Crippen molar-refractivity contribution in [2.45, 2.75) is 38.4 Å². The Morgan fingerprint density at radius 3 is 2.70 bits per heavy atom. The molecule has 1 saturated heterocycles. The SMILES string of the molecule is [C-]#[N+]c1ccc(N2C(=O)CC[C@@H]2CC)cc1C(F)(F)F. The molecule has 0 saturated carbocycles. The summed E-state index contributed by atoms with van der Waals surface area (Å²) in [5, 5.41) is 0. The van der Waals surface area contributed by atoms with Crippen LogP contribution in [0.1, 0.15) is 31.7 Å². The van der Waals surface area contributed by atoms with Crippen LogP contribution in [-0.2, 0) is 11.0 Å². The number of hydrogen-bond acceptors (Lipinski definition) is 1. The Hall–Kier alpha value is -2.03. The lowest BCUT2D eigenvalue weighted by Gasteiger charge is -2.25. The third kappa shape index (κ3) is 2.48. The topological polar surface area (TPSA) is 24.7 Å². The van der Waals surface area contributed by atoms with Gasteiger partial charge in [-0.15, -0.1) is 0 Å². The first kappa shape index (κ1) is 14.4. The van der Waals surface area contributed by atoms with Gasteiger partial charge in [0.1, 0.15) is 0 Å². The summed E-state index contributed by atoms with van der Waals surface area (Å²) in [7, 11) is 0. The highest BCUT2D eigenvalue weighted by atomic mass is 19.4. The predicted molar refractivity (Wildman–Crippen MR) is 68.5 cm³/mol. The number of anilines is 1. The highest BCUT2D eigenvalue weighted by molar-refractivity contribution is 5.96. The third-order valence-corrected chi connectivity index (χ3v) is 3.48. The lowest BCUT2D eigenvalue weighted by Crippen LogP contribution is -2.32. The molecule has 3 nitrogen and oxygen atoms in total. The molecule has 0 unspecified atom stereocenters. The van der Waals surface area contributed by atoms with Gasteiger partial charge in [0.25, 0.3) is 0 Å². The van der Waals surface area contributed by atoms with Crippen molar-refractivity contribution in [1.82, 2.24) is 0 Å². The fourth-order valence-electron chi connectivity index (χ4n) is 2.48. The second-order valence-corrected chi connectivity index (χ2v) is 4.68. The molecule has 0 aliphatic carbocycles. The Morgan fingerprint density at radius 1 is 1.45 bits per heavy atom. The van der Waals surface area contributed by atoms with Crippen LogP contribution in [0.25, 0.3) is 4.85 Å². The molecule has 1 heterocycles. The molecule has 1 aliphatic heterocycles. The van der Waals surface area contributed by atoms with E-state index in [2.05, 4.69) is 4.85 Å². The van der Waals surface area contributed by atoms with Gasteiger partial charge < -0.3 is 4.90 Å². The summed E-state index contributed by atoms with van der Waals surface area (Å²) in [5.41, 5.74) is -1.21. The number of carbonyl (C=O) groups is 1. The Kier molecular flexibility index (Phi) is 3.71. The molecule has 1 amide bonds. The summed E-state index contributed by atoms with van der Waals surface area (Å²) in [6.07, 6.45) is -2.90. The van der Waals surface area contributed by atoms with E-state index in [1.807, 2.05) is 6.92 Å². The number of alkyl halides is 3. The van der Waals surface area contributed by atoms with Gasteiger partial charge in [0.15, 0.2) is 5.69 Å². The number of rotatable bonds is 2. The van der Waals surface area contributed by atoms with Crippen molar-refractivity contribution in [2.24, 2.45) is 0 Å². The maximum absolute atomic E-state index is 12.9. The summed E-state index contributed by atoms with van der Waals surface area (Å²) < 4.78 is 38.8. The largest absolute Gasteiger partial charge is 0.407 e. The van der Waals surface area contributed by atoms with Crippen LogP contribution >= 0.6 is 0 Å². The number of amides is 1. The van der Waals surface area contributed by atoms with E-state index < -0.39 is 17.4 Å². The summed E-state index contributed by atoms with van der Waals surface area (Å²) in [4.78, 5) is 16.2. The van der Waals surface area contributed by atoms with E-state index >= 15 is 0 Å². The fraction of sp³-hybridized carbons (Fsp3) is 0.429. The van der Waals surface area contributed by atoms with Gasteiger partial charge in [-0.1, -0.05) is 13.0 Å². The quantitative estimate of drug-likeness (QED) is 0.747. The molecule has 6 heteroatoms. The van der Waals surface area contributed by atoms with Crippen LogP contribution in [0.2, 0.25) is 0 Å². The average Bonchev–Trinajstić information content (AvgIpc) is 2.78. The molecule has 1 aliphatic rings. The smallest absolute Gasteiger partial charge is 0.309 e.